The molecule has 25 heavy (non-hydrogen) atoms. The van der Waals surface area contributed by atoms with Gasteiger partial charge in [-0.3, -0.25) is 0 Å². The molecule has 2 aliphatic rings. The predicted octanol–water partition coefficient (Wildman–Crippen LogP) is 5.70. The standard InChI is InChI=1S/C19H24BrF2NOS/c1-18(2,3)25(24)23-16-15-10-14(20)5-4-13(15)11-19(16)8-6-12(7-9-19)17(21)22/h4-5,10,12,17H,6-9,11H2,1-3H3. The average Bonchev–Trinajstić information content (AvgIpc) is 2.80. The topological polar surface area (TPSA) is 29.4 Å². The maximum absolute atomic E-state index is 13.1. The van der Waals surface area contributed by atoms with Gasteiger partial charge in [0.2, 0.25) is 6.43 Å². The van der Waals surface area contributed by atoms with Crippen molar-refractivity contribution in [2.24, 2.45) is 15.7 Å². The van der Waals surface area contributed by atoms with Gasteiger partial charge in [0.1, 0.15) is 11.0 Å². The molecule has 0 radical (unpaired) electrons. The number of fused-ring (bicyclic) bond motifs is 1. The van der Waals surface area contributed by atoms with Crippen LogP contribution >= 0.6 is 15.9 Å². The molecule has 6 heteroatoms. The molecular formula is C19H24BrF2NOS. The summed E-state index contributed by atoms with van der Waals surface area (Å²) in [5.41, 5.74) is 2.84. The van der Waals surface area contributed by atoms with Crippen molar-refractivity contribution in [1.82, 2.24) is 0 Å². The first kappa shape index (κ1) is 19.2. The van der Waals surface area contributed by atoms with Gasteiger partial charge in [0.25, 0.3) is 0 Å². The van der Waals surface area contributed by atoms with Crippen molar-refractivity contribution in [3.63, 3.8) is 0 Å². The van der Waals surface area contributed by atoms with Crippen LogP contribution in [0.5, 0.6) is 0 Å². The summed E-state index contributed by atoms with van der Waals surface area (Å²) in [6, 6.07) is 6.10. The number of rotatable bonds is 2. The van der Waals surface area contributed by atoms with E-state index in [1.807, 2.05) is 32.9 Å². The molecule has 3 rings (SSSR count). The molecule has 0 amide bonds. The Hall–Kier alpha value is -0.620. The summed E-state index contributed by atoms with van der Waals surface area (Å²) in [6.07, 6.45) is 0.954. The normalized spacial score (nSPS) is 29.4. The highest BCUT2D eigenvalue weighted by molar-refractivity contribution is 9.10. The van der Waals surface area contributed by atoms with Crippen molar-refractivity contribution in [1.29, 1.82) is 0 Å². The van der Waals surface area contributed by atoms with Crippen molar-refractivity contribution in [3.05, 3.63) is 33.8 Å². The summed E-state index contributed by atoms with van der Waals surface area (Å²) in [4.78, 5) is 0. The summed E-state index contributed by atoms with van der Waals surface area (Å²) < 4.78 is 44.1. The van der Waals surface area contributed by atoms with Crippen LogP contribution in [-0.2, 0) is 17.4 Å². The first-order chi connectivity index (χ1) is 11.6. The lowest BCUT2D eigenvalue weighted by Crippen LogP contribution is -2.36. The third-order valence-electron chi connectivity index (χ3n) is 5.40. The number of halogens is 3. The van der Waals surface area contributed by atoms with Crippen LogP contribution in [-0.4, -0.2) is 21.1 Å². The number of benzene rings is 1. The second-order valence-corrected chi connectivity index (χ2v) is 11.1. The van der Waals surface area contributed by atoms with Gasteiger partial charge < -0.3 is 0 Å². The van der Waals surface area contributed by atoms with Gasteiger partial charge in [-0.25, -0.2) is 13.0 Å². The van der Waals surface area contributed by atoms with Crippen molar-refractivity contribution in [3.8, 4) is 0 Å². The van der Waals surface area contributed by atoms with Crippen molar-refractivity contribution in [2.45, 2.75) is 64.0 Å². The quantitative estimate of drug-likeness (QED) is 0.590. The van der Waals surface area contributed by atoms with Crippen molar-refractivity contribution >= 4 is 32.6 Å². The number of alkyl halides is 2. The molecule has 1 aromatic rings. The van der Waals surface area contributed by atoms with Gasteiger partial charge in [-0.2, -0.15) is 4.40 Å². The molecule has 1 saturated carbocycles. The zero-order valence-electron chi connectivity index (χ0n) is 14.8. The van der Waals surface area contributed by atoms with E-state index in [9.17, 15) is 13.0 Å². The summed E-state index contributed by atoms with van der Waals surface area (Å²) in [7, 11) is -1.36. The minimum Gasteiger partial charge on any atom is -0.234 e. The number of hydrogen-bond acceptors (Lipinski definition) is 1. The maximum Gasteiger partial charge on any atom is 0.241 e. The monoisotopic (exact) mass is 431 g/mol. The van der Waals surface area contributed by atoms with Gasteiger partial charge in [-0.15, -0.1) is 0 Å². The fourth-order valence-electron chi connectivity index (χ4n) is 3.88. The molecule has 0 heterocycles. The molecule has 2 nitrogen and oxygen atoms in total. The van der Waals surface area contributed by atoms with E-state index in [4.69, 9.17) is 0 Å². The zero-order valence-corrected chi connectivity index (χ0v) is 17.2. The van der Waals surface area contributed by atoms with Crippen LogP contribution < -0.4 is 0 Å². The van der Waals surface area contributed by atoms with E-state index in [1.165, 1.54) is 5.56 Å². The largest absolute Gasteiger partial charge is 0.241 e. The van der Waals surface area contributed by atoms with E-state index in [1.54, 1.807) is 0 Å². The minimum absolute atomic E-state index is 0.241. The SMILES string of the molecule is CC(C)(C)S(=O)N=C1c2cc(Br)ccc2CC12CCC(C(F)F)CC2. The van der Waals surface area contributed by atoms with Gasteiger partial charge in [-0.1, -0.05) is 22.0 Å². The fourth-order valence-corrected chi connectivity index (χ4v) is 4.97. The molecule has 0 aliphatic heterocycles. The second kappa shape index (κ2) is 6.84. The Balaban J connectivity index is 2.01. The van der Waals surface area contributed by atoms with E-state index >= 15 is 0 Å². The Morgan fingerprint density at radius 3 is 2.48 bits per heavy atom. The highest BCUT2D eigenvalue weighted by atomic mass is 79.9. The predicted molar refractivity (Wildman–Crippen MR) is 103 cm³/mol. The van der Waals surface area contributed by atoms with Gasteiger partial charge in [0.05, 0.1) is 10.5 Å². The van der Waals surface area contributed by atoms with E-state index < -0.39 is 28.1 Å². The molecule has 0 bridgehead atoms. The number of nitrogens with zero attached hydrogens (tertiary/aromatic N) is 1. The van der Waals surface area contributed by atoms with Gasteiger partial charge >= 0.3 is 0 Å². The number of hydrogen-bond donors (Lipinski definition) is 0. The van der Waals surface area contributed by atoms with Gasteiger partial charge in [0, 0.05) is 21.4 Å². The van der Waals surface area contributed by atoms with E-state index in [0.717, 1.165) is 22.2 Å². The fraction of sp³-hybridized carbons (Fsp3) is 0.632. The Bertz CT molecular complexity index is 719. The van der Waals surface area contributed by atoms with Crippen molar-refractivity contribution < 1.29 is 13.0 Å². The van der Waals surface area contributed by atoms with Crippen LogP contribution in [0, 0.1) is 11.3 Å². The maximum atomic E-state index is 13.1. The summed E-state index contributed by atoms with van der Waals surface area (Å²) in [5.74, 6) is -0.518. The minimum atomic E-state index is -2.25. The molecular weight excluding hydrogens is 408 g/mol. The van der Waals surface area contributed by atoms with Crippen LogP contribution in [0.4, 0.5) is 8.78 Å². The highest BCUT2D eigenvalue weighted by Gasteiger charge is 2.47. The van der Waals surface area contributed by atoms with Crippen LogP contribution in [0.3, 0.4) is 0 Å². The Morgan fingerprint density at radius 1 is 1.28 bits per heavy atom. The lowest BCUT2D eigenvalue weighted by atomic mass is 9.68. The lowest BCUT2D eigenvalue weighted by molar-refractivity contribution is 0.0395. The molecule has 1 fully saturated rings. The third kappa shape index (κ3) is 3.75. The highest BCUT2D eigenvalue weighted by Crippen LogP contribution is 2.50. The Labute approximate surface area is 159 Å². The first-order valence-electron chi connectivity index (χ1n) is 8.70. The zero-order chi connectivity index (χ0) is 18.4. The van der Waals surface area contributed by atoms with Crippen molar-refractivity contribution in [2.75, 3.05) is 0 Å². The van der Waals surface area contributed by atoms with Crippen LogP contribution in [0.1, 0.15) is 57.6 Å². The summed E-state index contributed by atoms with van der Waals surface area (Å²) in [5, 5.41) is 0. The summed E-state index contributed by atoms with van der Waals surface area (Å²) >= 11 is 3.51. The molecule has 1 unspecified atom stereocenters. The lowest BCUT2D eigenvalue weighted by Gasteiger charge is -2.37. The van der Waals surface area contributed by atoms with Gasteiger partial charge in [-0.05, 0) is 70.6 Å². The van der Waals surface area contributed by atoms with E-state index in [0.29, 0.717) is 25.7 Å². The molecule has 1 aromatic carbocycles. The Kier molecular flexibility index (Phi) is 5.24. The molecule has 0 N–H and O–H groups in total. The molecule has 0 aromatic heterocycles. The van der Waals surface area contributed by atoms with Crippen LogP contribution in [0.25, 0.3) is 0 Å². The first-order valence-corrected chi connectivity index (χ1v) is 10.6. The molecule has 2 aliphatic carbocycles. The molecule has 1 spiro atoms. The van der Waals surface area contributed by atoms with Crippen LogP contribution in [0.15, 0.2) is 27.1 Å². The molecule has 1 atom stereocenters. The smallest absolute Gasteiger partial charge is 0.234 e. The molecule has 0 saturated heterocycles. The molecule has 138 valence electrons. The van der Waals surface area contributed by atoms with E-state index in [2.05, 4.69) is 26.4 Å². The second-order valence-electron chi connectivity index (χ2n) is 8.23. The third-order valence-corrected chi connectivity index (χ3v) is 7.29. The average molecular weight is 432 g/mol. The summed E-state index contributed by atoms with van der Waals surface area (Å²) in [6.45, 7) is 5.72. The Morgan fingerprint density at radius 2 is 1.92 bits per heavy atom. The van der Waals surface area contributed by atoms with Gasteiger partial charge in [0.15, 0.2) is 0 Å². The van der Waals surface area contributed by atoms with Crippen LogP contribution in [0.2, 0.25) is 0 Å². The van der Waals surface area contributed by atoms with E-state index in [-0.39, 0.29) is 5.41 Å².